The molecule has 2 atom stereocenters. The number of non-ortho nitro benzene ring substituents is 1. The van der Waals surface area contributed by atoms with Crippen LogP contribution in [0.3, 0.4) is 0 Å². The van der Waals surface area contributed by atoms with E-state index in [4.69, 9.17) is 0 Å². The van der Waals surface area contributed by atoms with E-state index in [9.17, 15) is 10.1 Å². The van der Waals surface area contributed by atoms with E-state index in [0.29, 0.717) is 0 Å². The quantitative estimate of drug-likeness (QED) is 0.644. The molecule has 0 aliphatic heterocycles. The van der Waals surface area contributed by atoms with Gasteiger partial charge in [0.15, 0.2) is 0 Å². The van der Waals surface area contributed by atoms with Crippen LogP contribution in [0.4, 0.5) is 17.1 Å². The van der Waals surface area contributed by atoms with Gasteiger partial charge in [-0.1, -0.05) is 6.92 Å². The Morgan fingerprint density at radius 3 is 2.67 bits per heavy atom. The Balaban J connectivity index is 2.19. The average Bonchev–Trinajstić information content (AvgIpc) is 3.04. The third kappa shape index (κ3) is 2.72. The van der Waals surface area contributed by atoms with Crippen molar-refractivity contribution < 1.29 is 4.92 Å². The van der Waals surface area contributed by atoms with Gasteiger partial charge in [0.2, 0.25) is 0 Å². The van der Waals surface area contributed by atoms with Gasteiger partial charge < -0.3 is 10.2 Å². The summed E-state index contributed by atoms with van der Waals surface area (Å²) >= 11 is 0. The molecule has 1 aliphatic carbocycles. The number of nitrogens with zero attached hydrogens (tertiary/aromatic N) is 2. The molecule has 18 heavy (non-hydrogen) atoms. The summed E-state index contributed by atoms with van der Waals surface area (Å²) in [5, 5.41) is 13.9. The molecule has 1 aromatic carbocycles. The van der Waals surface area contributed by atoms with Gasteiger partial charge in [-0.2, -0.15) is 0 Å². The van der Waals surface area contributed by atoms with Gasteiger partial charge in [-0.15, -0.1) is 0 Å². The third-order valence-corrected chi connectivity index (χ3v) is 3.63. The van der Waals surface area contributed by atoms with Crippen molar-refractivity contribution in [2.24, 2.45) is 11.8 Å². The molecule has 0 bridgehead atoms. The zero-order valence-corrected chi connectivity index (χ0v) is 11.0. The lowest BCUT2D eigenvalue weighted by molar-refractivity contribution is -0.384. The standard InChI is InChI=1S/C13H19N3O2/c1-9-4-10(9)8-15(3)12-5-11(14-2)6-13(7-12)16(17)18/h5-7,9-10,14H,4,8H2,1-3H3. The van der Waals surface area contributed by atoms with Crippen molar-refractivity contribution in [1.82, 2.24) is 0 Å². The smallest absolute Gasteiger partial charge is 0.273 e. The molecule has 2 unspecified atom stereocenters. The van der Waals surface area contributed by atoms with Crippen LogP contribution in [-0.2, 0) is 0 Å². The Morgan fingerprint density at radius 1 is 1.50 bits per heavy atom. The van der Waals surface area contributed by atoms with Crippen LogP contribution in [0, 0.1) is 22.0 Å². The van der Waals surface area contributed by atoms with Gasteiger partial charge in [0.05, 0.1) is 4.92 Å². The summed E-state index contributed by atoms with van der Waals surface area (Å²) in [7, 11) is 3.76. The summed E-state index contributed by atoms with van der Waals surface area (Å²) in [5.41, 5.74) is 1.80. The van der Waals surface area contributed by atoms with E-state index < -0.39 is 0 Å². The van der Waals surface area contributed by atoms with Crippen LogP contribution in [-0.4, -0.2) is 25.6 Å². The number of benzene rings is 1. The lowest BCUT2D eigenvalue weighted by Crippen LogP contribution is -2.20. The second-order valence-electron chi connectivity index (χ2n) is 5.10. The van der Waals surface area contributed by atoms with Crippen LogP contribution in [0.15, 0.2) is 18.2 Å². The summed E-state index contributed by atoms with van der Waals surface area (Å²) < 4.78 is 0. The number of nitro groups is 1. The first kappa shape index (κ1) is 12.7. The van der Waals surface area contributed by atoms with E-state index >= 15 is 0 Å². The Labute approximate surface area is 107 Å². The van der Waals surface area contributed by atoms with Gasteiger partial charge in [-0.3, -0.25) is 10.1 Å². The Kier molecular flexibility index (Phi) is 3.41. The molecule has 1 fully saturated rings. The lowest BCUT2D eigenvalue weighted by atomic mass is 10.2. The fourth-order valence-corrected chi connectivity index (χ4v) is 2.18. The highest BCUT2D eigenvalue weighted by molar-refractivity contribution is 5.64. The summed E-state index contributed by atoms with van der Waals surface area (Å²) in [6.45, 7) is 3.20. The molecule has 1 aliphatic rings. The van der Waals surface area contributed by atoms with Crippen LogP contribution < -0.4 is 10.2 Å². The van der Waals surface area contributed by atoms with E-state index in [0.717, 1.165) is 29.8 Å². The Hall–Kier alpha value is -1.78. The minimum atomic E-state index is -0.349. The maximum Gasteiger partial charge on any atom is 0.273 e. The minimum absolute atomic E-state index is 0.132. The maximum absolute atomic E-state index is 10.9. The Morgan fingerprint density at radius 2 is 2.17 bits per heavy atom. The maximum atomic E-state index is 10.9. The summed E-state index contributed by atoms with van der Waals surface area (Å²) in [6.07, 6.45) is 1.26. The van der Waals surface area contributed by atoms with Crippen molar-refractivity contribution in [1.29, 1.82) is 0 Å². The van der Waals surface area contributed by atoms with Crippen LogP contribution in [0.1, 0.15) is 13.3 Å². The molecule has 98 valence electrons. The molecule has 0 radical (unpaired) electrons. The molecule has 2 rings (SSSR count). The first-order valence-electron chi connectivity index (χ1n) is 6.19. The number of anilines is 2. The van der Waals surface area contributed by atoms with Crippen molar-refractivity contribution in [2.45, 2.75) is 13.3 Å². The number of nitrogens with one attached hydrogen (secondary N) is 1. The number of rotatable bonds is 5. The van der Waals surface area contributed by atoms with Gasteiger partial charge in [0, 0.05) is 44.1 Å². The van der Waals surface area contributed by atoms with Gasteiger partial charge in [0.1, 0.15) is 0 Å². The molecule has 0 spiro atoms. The fourth-order valence-electron chi connectivity index (χ4n) is 2.18. The molecule has 5 nitrogen and oxygen atoms in total. The van der Waals surface area contributed by atoms with Gasteiger partial charge in [0.25, 0.3) is 5.69 Å². The van der Waals surface area contributed by atoms with Gasteiger partial charge in [-0.25, -0.2) is 0 Å². The largest absolute Gasteiger partial charge is 0.388 e. The topological polar surface area (TPSA) is 58.4 Å². The van der Waals surface area contributed by atoms with E-state index in [1.807, 2.05) is 13.1 Å². The second-order valence-corrected chi connectivity index (χ2v) is 5.10. The molecular weight excluding hydrogens is 230 g/mol. The number of hydrogen-bond donors (Lipinski definition) is 1. The first-order chi connectivity index (χ1) is 8.51. The molecule has 5 heteroatoms. The SMILES string of the molecule is CNc1cc(N(C)CC2CC2C)cc([N+](=O)[O-])c1. The predicted molar refractivity (Wildman–Crippen MR) is 73.2 cm³/mol. The molecule has 0 amide bonds. The van der Waals surface area contributed by atoms with E-state index in [1.54, 1.807) is 19.2 Å². The molecule has 1 saturated carbocycles. The first-order valence-corrected chi connectivity index (χ1v) is 6.19. The molecule has 0 heterocycles. The summed E-state index contributed by atoms with van der Waals surface area (Å²) in [5.74, 6) is 1.52. The lowest BCUT2D eigenvalue weighted by Gasteiger charge is -2.20. The van der Waals surface area contributed by atoms with Crippen molar-refractivity contribution in [3.05, 3.63) is 28.3 Å². The van der Waals surface area contributed by atoms with Crippen LogP contribution >= 0.6 is 0 Å². The van der Waals surface area contributed by atoms with Crippen molar-refractivity contribution in [3.8, 4) is 0 Å². The molecule has 1 N–H and O–H groups in total. The van der Waals surface area contributed by atoms with Gasteiger partial charge >= 0.3 is 0 Å². The fraction of sp³-hybridized carbons (Fsp3) is 0.538. The predicted octanol–water partition coefficient (Wildman–Crippen LogP) is 2.73. The third-order valence-electron chi connectivity index (χ3n) is 3.63. The normalized spacial score (nSPS) is 21.5. The van der Waals surface area contributed by atoms with Crippen LogP contribution in [0.5, 0.6) is 0 Å². The molecule has 1 aromatic rings. The molecule has 0 saturated heterocycles. The van der Waals surface area contributed by atoms with E-state index in [1.165, 1.54) is 6.42 Å². The van der Waals surface area contributed by atoms with Gasteiger partial charge in [-0.05, 0) is 24.3 Å². The molecule has 0 aromatic heterocycles. The highest BCUT2D eigenvalue weighted by Crippen LogP contribution is 2.39. The number of hydrogen-bond acceptors (Lipinski definition) is 4. The highest BCUT2D eigenvalue weighted by Gasteiger charge is 2.33. The minimum Gasteiger partial charge on any atom is -0.388 e. The summed E-state index contributed by atoms with van der Waals surface area (Å²) in [6, 6.07) is 5.13. The molecular formula is C13H19N3O2. The van der Waals surface area contributed by atoms with Crippen molar-refractivity contribution in [3.63, 3.8) is 0 Å². The van der Waals surface area contributed by atoms with E-state index in [-0.39, 0.29) is 10.6 Å². The second kappa shape index (κ2) is 4.84. The summed E-state index contributed by atoms with van der Waals surface area (Å²) in [4.78, 5) is 12.6. The number of nitro benzene ring substituents is 1. The zero-order valence-electron chi connectivity index (χ0n) is 11.0. The van der Waals surface area contributed by atoms with E-state index in [2.05, 4.69) is 17.1 Å². The monoisotopic (exact) mass is 249 g/mol. The van der Waals surface area contributed by atoms with Crippen molar-refractivity contribution >= 4 is 17.1 Å². The Bertz CT molecular complexity index is 462. The van der Waals surface area contributed by atoms with Crippen LogP contribution in [0.25, 0.3) is 0 Å². The van der Waals surface area contributed by atoms with Crippen molar-refractivity contribution in [2.75, 3.05) is 30.9 Å². The van der Waals surface area contributed by atoms with Crippen LogP contribution in [0.2, 0.25) is 0 Å². The highest BCUT2D eigenvalue weighted by atomic mass is 16.6. The zero-order chi connectivity index (χ0) is 13.3. The average molecular weight is 249 g/mol.